The van der Waals surface area contributed by atoms with Crippen LogP contribution in [0.4, 0.5) is 4.39 Å². The molecule has 1 aliphatic rings. The second kappa shape index (κ2) is 6.52. The Labute approximate surface area is 160 Å². The maximum atomic E-state index is 13.1. The van der Waals surface area contributed by atoms with Gasteiger partial charge in [-0.15, -0.1) is 5.10 Å². The SMILES string of the molecule is Cc1nc(-c2nc3n(c(=O)c2O)CCOC3(C)C)nn1Cc1ccc(F)cc1. The van der Waals surface area contributed by atoms with Crippen LogP contribution in [0.2, 0.25) is 0 Å². The lowest BCUT2D eigenvalue weighted by atomic mass is 10.1. The van der Waals surface area contributed by atoms with Crippen molar-refractivity contribution in [3.8, 4) is 17.3 Å². The molecule has 0 aliphatic carbocycles. The Morgan fingerprint density at radius 3 is 2.68 bits per heavy atom. The minimum Gasteiger partial charge on any atom is -0.501 e. The van der Waals surface area contributed by atoms with E-state index >= 15 is 0 Å². The van der Waals surface area contributed by atoms with E-state index in [0.717, 1.165) is 5.56 Å². The van der Waals surface area contributed by atoms with Crippen molar-refractivity contribution in [3.05, 3.63) is 57.6 Å². The molecule has 3 aromatic rings. The molecule has 0 bridgehead atoms. The predicted molar refractivity (Wildman–Crippen MR) is 98.4 cm³/mol. The van der Waals surface area contributed by atoms with E-state index < -0.39 is 16.9 Å². The van der Waals surface area contributed by atoms with Gasteiger partial charge < -0.3 is 9.84 Å². The molecule has 1 N–H and O–H groups in total. The van der Waals surface area contributed by atoms with Crippen LogP contribution in [0.1, 0.15) is 31.1 Å². The van der Waals surface area contributed by atoms with Crippen molar-refractivity contribution < 1.29 is 14.2 Å². The number of halogens is 1. The Balaban J connectivity index is 1.77. The minimum atomic E-state index is -0.772. The van der Waals surface area contributed by atoms with E-state index in [-0.39, 0.29) is 17.3 Å². The number of aromatic nitrogens is 5. The van der Waals surface area contributed by atoms with Gasteiger partial charge in [0.15, 0.2) is 5.69 Å². The number of benzene rings is 1. The molecule has 2 aromatic heterocycles. The molecule has 9 heteroatoms. The zero-order chi connectivity index (χ0) is 20.1. The van der Waals surface area contributed by atoms with E-state index in [9.17, 15) is 14.3 Å². The van der Waals surface area contributed by atoms with Gasteiger partial charge in [-0.05, 0) is 38.5 Å². The molecular weight excluding hydrogens is 365 g/mol. The van der Waals surface area contributed by atoms with Gasteiger partial charge in [-0.2, -0.15) is 0 Å². The third-order valence-corrected chi connectivity index (χ3v) is 4.78. The summed E-state index contributed by atoms with van der Waals surface area (Å²) in [6.07, 6.45) is 0. The summed E-state index contributed by atoms with van der Waals surface area (Å²) in [5.41, 5.74) is -0.441. The quantitative estimate of drug-likeness (QED) is 0.741. The Morgan fingerprint density at radius 1 is 1.25 bits per heavy atom. The molecule has 0 fully saturated rings. The van der Waals surface area contributed by atoms with Gasteiger partial charge in [0.05, 0.1) is 19.7 Å². The van der Waals surface area contributed by atoms with Crippen LogP contribution in [0.25, 0.3) is 11.5 Å². The van der Waals surface area contributed by atoms with Crippen molar-refractivity contribution in [1.82, 2.24) is 24.3 Å². The maximum Gasteiger partial charge on any atom is 0.296 e. The number of aryl methyl sites for hydroxylation is 1. The average Bonchev–Trinajstić information content (AvgIpc) is 3.00. The fraction of sp³-hybridized carbons (Fsp3) is 0.368. The lowest BCUT2D eigenvalue weighted by molar-refractivity contribution is -0.0564. The van der Waals surface area contributed by atoms with Gasteiger partial charge in [-0.3, -0.25) is 9.36 Å². The van der Waals surface area contributed by atoms with E-state index in [4.69, 9.17) is 4.74 Å². The van der Waals surface area contributed by atoms with Gasteiger partial charge in [-0.25, -0.2) is 19.0 Å². The highest BCUT2D eigenvalue weighted by molar-refractivity contribution is 5.57. The maximum absolute atomic E-state index is 13.1. The van der Waals surface area contributed by atoms with Crippen LogP contribution in [0.5, 0.6) is 5.75 Å². The summed E-state index contributed by atoms with van der Waals surface area (Å²) in [7, 11) is 0. The fourth-order valence-electron chi connectivity index (χ4n) is 3.26. The van der Waals surface area contributed by atoms with E-state index in [2.05, 4.69) is 15.1 Å². The van der Waals surface area contributed by atoms with Crippen molar-refractivity contribution in [2.75, 3.05) is 6.61 Å². The lowest BCUT2D eigenvalue weighted by Gasteiger charge is -2.32. The standard InChI is InChI=1S/C19H20FN5O3/c1-11-21-16(23-25(11)10-12-4-6-13(20)7-5-12)14-15(26)17(27)24-8-9-28-19(2,3)18(24)22-14/h4-7,26H,8-10H2,1-3H3. The van der Waals surface area contributed by atoms with Crippen LogP contribution in [-0.4, -0.2) is 36.0 Å². The Bertz CT molecular complexity index is 1100. The molecule has 28 heavy (non-hydrogen) atoms. The number of fused-ring (bicyclic) bond motifs is 1. The molecule has 146 valence electrons. The largest absolute Gasteiger partial charge is 0.501 e. The van der Waals surface area contributed by atoms with E-state index in [1.165, 1.54) is 16.7 Å². The van der Waals surface area contributed by atoms with E-state index in [1.807, 2.05) is 13.8 Å². The Morgan fingerprint density at radius 2 is 1.96 bits per heavy atom. The van der Waals surface area contributed by atoms with Crippen molar-refractivity contribution >= 4 is 0 Å². The number of rotatable bonds is 3. The molecule has 0 amide bonds. The second-order valence-corrected chi connectivity index (χ2v) is 7.21. The summed E-state index contributed by atoms with van der Waals surface area (Å²) in [4.78, 5) is 21.5. The molecule has 4 rings (SSSR count). The molecule has 0 saturated heterocycles. The van der Waals surface area contributed by atoms with Gasteiger partial charge in [0.2, 0.25) is 11.6 Å². The van der Waals surface area contributed by atoms with Crippen molar-refractivity contribution in [2.24, 2.45) is 0 Å². The summed E-state index contributed by atoms with van der Waals surface area (Å²) in [5.74, 6) is 0.352. The molecule has 0 saturated carbocycles. The highest BCUT2D eigenvalue weighted by Crippen LogP contribution is 2.30. The van der Waals surface area contributed by atoms with Gasteiger partial charge in [0.25, 0.3) is 5.56 Å². The highest BCUT2D eigenvalue weighted by atomic mass is 19.1. The fourth-order valence-corrected chi connectivity index (χ4v) is 3.26. The first kappa shape index (κ1) is 18.3. The number of hydrogen-bond acceptors (Lipinski definition) is 6. The monoisotopic (exact) mass is 385 g/mol. The smallest absolute Gasteiger partial charge is 0.296 e. The summed E-state index contributed by atoms with van der Waals surface area (Å²) < 4.78 is 21.8. The molecule has 1 aliphatic heterocycles. The third kappa shape index (κ3) is 3.07. The summed E-state index contributed by atoms with van der Waals surface area (Å²) in [6.45, 7) is 6.45. The normalized spacial score (nSPS) is 15.4. The predicted octanol–water partition coefficient (Wildman–Crippen LogP) is 1.97. The van der Waals surface area contributed by atoms with Crippen LogP contribution in [0.3, 0.4) is 0 Å². The third-order valence-electron chi connectivity index (χ3n) is 4.78. The van der Waals surface area contributed by atoms with Crippen LogP contribution in [0, 0.1) is 12.7 Å². The first-order chi connectivity index (χ1) is 13.3. The van der Waals surface area contributed by atoms with E-state index in [1.54, 1.807) is 23.7 Å². The lowest BCUT2D eigenvalue weighted by Crippen LogP contribution is -2.41. The van der Waals surface area contributed by atoms with Gasteiger partial charge in [0.1, 0.15) is 23.1 Å². The molecule has 3 heterocycles. The van der Waals surface area contributed by atoms with Crippen LogP contribution in [0.15, 0.2) is 29.1 Å². The molecule has 0 spiro atoms. The summed E-state index contributed by atoms with van der Waals surface area (Å²) in [6, 6.07) is 6.08. The van der Waals surface area contributed by atoms with Crippen molar-refractivity contribution in [2.45, 2.75) is 39.5 Å². The number of ether oxygens (including phenoxy) is 1. The topological polar surface area (TPSA) is 95.1 Å². The summed E-state index contributed by atoms with van der Waals surface area (Å²) in [5, 5.41) is 14.8. The zero-order valence-corrected chi connectivity index (χ0v) is 15.8. The Kier molecular flexibility index (Phi) is 4.26. The molecule has 0 atom stereocenters. The van der Waals surface area contributed by atoms with Crippen LogP contribution in [-0.2, 0) is 23.4 Å². The summed E-state index contributed by atoms with van der Waals surface area (Å²) >= 11 is 0. The number of nitrogens with zero attached hydrogens (tertiary/aromatic N) is 5. The average molecular weight is 385 g/mol. The highest BCUT2D eigenvalue weighted by Gasteiger charge is 2.34. The van der Waals surface area contributed by atoms with E-state index in [0.29, 0.717) is 31.3 Å². The van der Waals surface area contributed by atoms with Gasteiger partial charge >= 0.3 is 0 Å². The van der Waals surface area contributed by atoms with Gasteiger partial charge in [0, 0.05) is 0 Å². The van der Waals surface area contributed by atoms with Crippen molar-refractivity contribution in [3.63, 3.8) is 0 Å². The van der Waals surface area contributed by atoms with Crippen LogP contribution >= 0.6 is 0 Å². The van der Waals surface area contributed by atoms with Crippen LogP contribution < -0.4 is 5.56 Å². The first-order valence-corrected chi connectivity index (χ1v) is 8.91. The zero-order valence-electron chi connectivity index (χ0n) is 15.8. The molecule has 1 aromatic carbocycles. The first-order valence-electron chi connectivity index (χ1n) is 8.91. The number of hydrogen-bond donors (Lipinski definition) is 1. The molecule has 0 unspecified atom stereocenters. The number of aromatic hydroxyl groups is 1. The molecule has 0 radical (unpaired) electrons. The molecular formula is C19H20FN5O3. The molecule has 8 nitrogen and oxygen atoms in total. The minimum absolute atomic E-state index is 0.0239. The Hall–Kier alpha value is -3.07. The van der Waals surface area contributed by atoms with Crippen molar-refractivity contribution in [1.29, 1.82) is 0 Å². The second-order valence-electron chi connectivity index (χ2n) is 7.21. The van der Waals surface area contributed by atoms with Gasteiger partial charge in [-0.1, -0.05) is 12.1 Å².